The highest BCUT2D eigenvalue weighted by atomic mass is 19.4. The van der Waals surface area contributed by atoms with Crippen LogP contribution in [-0.2, 0) is 12.7 Å². The molecule has 0 fully saturated rings. The predicted molar refractivity (Wildman–Crippen MR) is 74.3 cm³/mol. The molecule has 0 saturated heterocycles. The molecule has 0 spiro atoms. The molecule has 110 valence electrons. The van der Waals surface area contributed by atoms with Crippen molar-refractivity contribution in [1.82, 2.24) is 5.32 Å². The third-order valence-electron chi connectivity index (χ3n) is 3.59. The van der Waals surface area contributed by atoms with Crippen LogP contribution in [0.15, 0.2) is 35.9 Å². The van der Waals surface area contributed by atoms with Crippen LogP contribution in [0.1, 0.15) is 43.2 Å². The fourth-order valence-corrected chi connectivity index (χ4v) is 2.47. The fraction of sp³-hybridized carbons (Fsp3) is 0.500. The fourth-order valence-electron chi connectivity index (χ4n) is 2.47. The molecule has 2 rings (SSSR count). The zero-order valence-electron chi connectivity index (χ0n) is 11.5. The van der Waals surface area contributed by atoms with E-state index in [4.69, 9.17) is 0 Å². The minimum atomic E-state index is -4.26. The molecule has 0 aliphatic heterocycles. The molecule has 0 atom stereocenters. The molecule has 0 radical (unpaired) electrons. The topological polar surface area (TPSA) is 12.0 Å². The van der Waals surface area contributed by atoms with E-state index in [1.54, 1.807) is 6.07 Å². The van der Waals surface area contributed by atoms with Gasteiger partial charge in [-0.15, -0.1) is 0 Å². The van der Waals surface area contributed by atoms with Crippen LogP contribution in [0.4, 0.5) is 13.2 Å². The lowest BCUT2D eigenvalue weighted by molar-refractivity contribution is -0.137. The maximum absolute atomic E-state index is 12.6. The molecule has 4 heteroatoms. The van der Waals surface area contributed by atoms with E-state index in [0.29, 0.717) is 12.1 Å². The summed E-state index contributed by atoms with van der Waals surface area (Å²) in [6.07, 6.45) is 3.92. The Kier molecular flexibility index (Phi) is 5.24. The van der Waals surface area contributed by atoms with Gasteiger partial charge in [-0.2, -0.15) is 13.2 Å². The first-order chi connectivity index (χ1) is 9.55. The van der Waals surface area contributed by atoms with E-state index < -0.39 is 11.7 Å². The first-order valence-corrected chi connectivity index (χ1v) is 7.10. The lowest BCUT2D eigenvalue weighted by atomic mass is 9.97. The standard InChI is InChI=1S/C16H20F3N/c17-16(18,19)15-8-4-7-14(11-15)12-20-10-9-13-5-2-1-3-6-13/h4-5,7-8,11,20H,1-3,6,9-10,12H2. The van der Waals surface area contributed by atoms with Crippen molar-refractivity contribution in [2.75, 3.05) is 6.54 Å². The first kappa shape index (κ1) is 15.1. The van der Waals surface area contributed by atoms with E-state index in [1.165, 1.54) is 43.4 Å². The molecule has 1 aliphatic rings. The van der Waals surface area contributed by atoms with Gasteiger partial charge in [0.2, 0.25) is 0 Å². The van der Waals surface area contributed by atoms with Crippen LogP contribution in [0.5, 0.6) is 0 Å². The van der Waals surface area contributed by atoms with E-state index in [2.05, 4.69) is 11.4 Å². The molecule has 0 heterocycles. The molecule has 1 N–H and O–H groups in total. The van der Waals surface area contributed by atoms with Crippen LogP contribution in [-0.4, -0.2) is 6.54 Å². The highest BCUT2D eigenvalue weighted by Crippen LogP contribution is 2.29. The van der Waals surface area contributed by atoms with E-state index in [0.717, 1.165) is 19.0 Å². The number of hydrogen-bond donors (Lipinski definition) is 1. The van der Waals surface area contributed by atoms with Crippen molar-refractivity contribution in [3.8, 4) is 0 Å². The number of nitrogens with one attached hydrogen (secondary N) is 1. The minimum absolute atomic E-state index is 0.483. The quantitative estimate of drug-likeness (QED) is 0.611. The van der Waals surface area contributed by atoms with Gasteiger partial charge in [0.25, 0.3) is 0 Å². The van der Waals surface area contributed by atoms with Gasteiger partial charge in [0, 0.05) is 6.54 Å². The van der Waals surface area contributed by atoms with Gasteiger partial charge in [-0.25, -0.2) is 0 Å². The number of allylic oxidation sites excluding steroid dienone is 1. The zero-order valence-corrected chi connectivity index (χ0v) is 11.5. The molecular formula is C16H20F3N. The van der Waals surface area contributed by atoms with Crippen LogP contribution in [0.2, 0.25) is 0 Å². The van der Waals surface area contributed by atoms with E-state index in [-0.39, 0.29) is 0 Å². The van der Waals surface area contributed by atoms with Crippen molar-refractivity contribution < 1.29 is 13.2 Å². The van der Waals surface area contributed by atoms with Gasteiger partial charge in [-0.3, -0.25) is 0 Å². The third kappa shape index (κ3) is 4.67. The second-order valence-electron chi connectivity index (χ2n) is 5.23. The lowest BCUT2D eigenvalue weighted by Crippen LogP contribution is -2.16. The average molecular weight is 283 g/mol. The van der Waals surface area contributed by atoms with Crippen molar-refractivity contribution in [2.45, 2.75) is 44.8 Å². The first-order valence-electron chi connectivity index (χ1n) is 7.10. The number of benzene rings is 1. The molecule has 0 unspecified atom stereocenters. The maximum atomic E-state index is 12.6. The second kappa shape index (κ2) is 6.93. The Bertz CT molecular complexity index is 463. The molecule has 1 nitrogen and oxygen atoms in total. The molecule has 1 aliphatic carbocycles. The summed E-state index contributed by atoms with van der Waals surface area (Å²) in [5, 5.41) is 3.22. The summed E-state index contributed by atoms with van der Waals surface area (Å²) in [4.78, 5) is 0. The van der Waals surface area contributed by atoms with Gasteiger partial charge in [0.05, 0.1) is 5.56 Å². The van der Waals surface area contributed by atoms with Gasteiger partial charge in [-0.05, 0) is 50.3 Å². The van der Waals surface area contributed by atoms with Gasteiger partial charge in [-0.1, -0.05) is 29.8 Å². The van der Waals surface area contributed by atoms with E-state index in [1.807, 2.05) is 0 Å². The number of hydrogen-bond acceptors (Lipinski definition) is 1. The van der Waals surface area contributed by atoms with Crippen LogP contribution in [0.3, 0.4) is 0 Å². The van der Waals surface area contributed by atoms with Crippen molar-refractivity contribution in [2.24, 2.45) is 0 Å². The molecule has 1 aromatic carbocycles. The summed E-state index contributed by atoms with van der Waals surface area (Å²) >= 11 is 0. The Morgan fingerprint density at radius 2 is 2.00 bits per heavy atom. The monoisotopic (exact) mass is 283 g/mol. The van der Waals surface area contributed by atoms with Gasteiger partial charge in [0.15, 0.2) is 0 Å². The van der Waals surface area contributed by atoms with Crippen LogP contribution < -0.4 is 5.32 Å². The lowest BCUT2D eigenvalue weighted by Gasteiger charge is -2.13. The van der Waals surface area contributed by atoms with Crippen LogP contribution in [0.25, 0.3) is 0 Å². The summed E-state index contributed by atoms with van der Waals surface area (Å²) < 4.78 is 37.7. The van der Waals surface area contributed by atoms with Crippen molar-refractivity contribution in [3.63, 3.8) is 0 Å². The normalized spacial score (nSPS) is 16.1. The Labute approximate surface area is 117 Å². The maximum Gasteiger partial charge on any atom is 0.416 e. The Morgan fingerprint density at radius 1 is 1.15 bits per heavy atom. The number of alkyl halides is 3. The molecule has 0 aromatic heterocycles. The van der Waals surface area contributed by atoms with Crippen LogP contribution in [0, 0.1) is 0 Å². The summed E-state index contributed by atoms with van der Waals surface area (Å²) in [6, 6.07) is 5.51. The van der Waals surface area contributed by atoms with Gasteiger partial charge < -0.3 is 5.32 Å². The predicted octanol–water partition coefficient (Wildman–Crippen LogP) is 4.69. The Morgan fingerprint density at radius 3 is 2.70 bits per heavy atom. The molecule has 0 amide bonds. The number of halogens is 3. The Hall–Kier alpha value is -1.29. The van der Waals surface area contributed by atoms with Gasteiger partial charge in [0.1, 0.15) is 0 Å². The van der Waals surface area contributed by atoms with Crippen molar-refractivity contribution in [3.05, 3.63) is 47.0 Å². The summed E-state index contributed by atoms with van der Waals surface area (Å²) in [5.41, 5.74) is 1.58. The average Bonchev–Trinajstić information content (AvgIpc) is 2.44. The molecule has 0 saturated carbocycles. The Balaban J connectivity index is 1.78. The largest absolute Gasteiger partial charge is 0.416 e. The summed E-state index contributed by atoms with van der Waals surface area (Å²) in [7, 11) is 0. The smallest absolute Gasteiger partial charge is 0.312 e. The molecular weight excluding hydrogens is 263 g/mol. The molecule has 20 heavy (non-hydrogen) atoms. The van der Waals surface area contributed by atoms with Crippen molar-refractivity contribution >= 4 is 0 Å². The summed E-state index contributed by atoms with van der Waals surface area (Å²) in [6.45, 7) is 1.30. The second-order valence-corrected chi connectivity index (χ2v) is 5.23. The highest BCUT2D eigenvalue weighted by molar-refractivity contribution is 5.25. The molecule has 0 bridgehead atoms. The van der Waals surface area contributed by atoms with Crippen LogP contribution >= 0.6 is 0 Å². The van der Waals surface area contributed by atoms with Crippen molar-refractivity contribution in [1.29, 1.82) is 0 Å². The SMILES string of the molecule is FC(F)(F)c1cccc(CNCCC2=CCCCC2)c1. The molecule has 1 aromatic rings. The van der Waals surface area contributed by atoms with E-state index in [9.17, 15) is 13.2 Å². The zero-order chi connectivity index (χ0) is 14.4. The highest BCUT2D eigenvalue weighted by Gasteiger charge is 2.30. The summed E-state index contributed by atoms with van der Waals surface area (Å²) in [5.74, 6) is 0. The number of rotatable bonds is 5. The third-order valence-corrected chi connectivity index (χ3v) is 3.59. The van der Waals surface area contributed by atoms with E-state index >= 15 is 0 Å². The minimum Gasteiger partial charge on any atom is -0.312 e. The van der Waals surface area contributed by atoms with Gasteiger partial charge >= 0.3 is 6.18 Å².